The topological polar surface area (TPSA) is 73.2 Å². The van der Waals surface area contributed by atoms with Crippen LogP contribution < -0.4 is 15.6 Å². The summed E-state index contributed by atoms with van der Waals surface area (Å²) in [6.45, 7) is 0.957. The summed E-state index contributed by atoms with van der Waals surface area (Å²) in [7, 11) is 1.96. The van der Waals surface area contributed by atoms with Crippen LogP contribution in [0.2, 0.25) is 0 Å². The van der Waals surface area contributed by atoms with Crippen LogP contribution in [-0.4, -0.2) is 23.2 Å². The van der Waals surface area contributed by atoms with Crippen molar-refractivity contribution in [2.75, 3.05) is 17.7 Å². The van der Waals surface area contributed by atoms with Crippen molar-refractivity contribution < 1.29 is 14.1 Å². The Labute approximate surface area is 161 Å². The van der Waals surface area contributed by atoms with Crippen LogP contribution in [0.3, 0.4) is 0 Å². The van der Waals surface area contributed by atoms with Crippen molar-refractivity contribution in [2.45, 2.75) is 57.5 Å². The number of rotatable bonds is 6. The molecule has 0 unspecified atom stereocenters. The number of aryl methyl sites for hydroxylation is 1. The Hall–Kier alpha value is -2.50. The Morgan fingerprint density at radius 2 is 2.00 bits per heavy atom. The van der Waals surface area contributed by atoms with Gasteiger partial charge in [-0.3, -0.25) is 0 Å². The predicted octanol–water partition coefficient (Wildman–Crippen LogP) is 3.28. The number of nitrogens with two attached hydrogens (primary N) is 1. The van der Waals surface area contributed by atoms with Crippen LogP contribution >= 0.6 is 0 Å². The first kappa shape index (κ1) is 19.3. The largest absolute Gasteiger partial charge is 0.458 e. The highest BCUT2D eigenvalue weighted by Gasteiger charge is 2.14. The van der Waals surface area contributed by atoms with Gasteiger partial charge in [-0.2, -0.15) is 0 Å². The van der Waals surface area contributed by atoms with Crippen molar-refractivity contribution in [1.82, 2.24) is 4.57 Å². The van der Waals surface area contributed by atoms with Gasteiger partial charge in [-0.1, -0.05) is 32.1 Å². The number of hydrogen-bond acceptors (Lipinski definition) is 4. The standard InChI is InChI=1S/C21H30N4O2/c1-24-11-12-25(16-24)13-14-27-21(26)17-9-10-20(19(22)15-17)23-18-7-5-3-2-4-6-8-18/h9-12,15-16,18H,2-8,13-14,22H2,1H3/p+1. The minimum Gasteiger partial charge on any atom is -0.458 e. The molecule has 6 nitrogen and oxygen atoms in total. The van der Waals surface area contributed by atoms with Crippen molar-refractivity contribution in [2.24, 2.45) is 7.05 Å². The second-order valence-corrected chi connectivity index (χ2v) is 7.44. The summed E-state index contributed by atoms with van der Waals surface area (Å²) in [5, 5.41) is 3.57. The fourth-order valence-electron chi connectivity index (χ4n) is 3.60. The van der Waals surface area contributed by atoms with Gasteiger partial charge >= 0.3 is 5.97 Å². The molecule has 0 radical (unpaired) electrons. The molecule has 1 heterocycles. The van der Waals surface area contributed by atoms with Gasteiger partial charge in [0.1, 0.15) is 25.5 Å². The molecule has 146 valence electrons. The Morgan fingerprint density at radius 3 is 2.67 bits per heavy atom. The number of imidazole rings is 1. The highest BCUT2D eigenvalue weighted by atomic mass is 16.5. The molecule has 6 heteroatoms. The van der Waals surface area contributed by atoms with Crippen molar-refractivity contribution >= 4 is 17.3 Å². The number of benzene rings is 1. The van der Waals surface area contributed by atoms with Gasteiger partial charge in [-0.25, -0.2) is 13.9 Å². The number of nitrogens with one attached hydrogen (secondary N) is 1. The molecule has 3 N–H and O–H groups in total. The first-order valence-electron chi connectivity index (χ1n) is 9.96. The normalized spacial score (nSPS) is 15.7. The van der Waals surface area contributed by atoms with Crippen LogP contribution in [0.4, 0.5) is 11.4 Å². The van der Waals surface area contributed by atoms with Gasteiger partial charge < -0.3 is 15.8 Å². The molecule has 0 saturated heterocycles. The predicted molar refractivity (Wildman–Crippen MR) is 106 cm³/mol. The molecule has 1 fully saturated rings. The first-order valence-corrected chi connectivity index (χ1v) is 9.96. The number of carbonyl (C=O) groups is 1. The van der Waals surface area contributed by atoms with Crippen molar-refractivity contribution in [3.05, 3.63) is 42.5 Å². The third kappa shape index (κ3) is 5.74. The summed E-state index contributed by atoms with van der Waals surface area (Å²) in [6, 6.07) is 5.87. The van der Waals surface area contributed by atoms with E-state index in [1.165, 1.54) is 44.9 Å². The summed E-state index contributed by atoms with van der Waals surface area (Å²) < 4.78 is 9.30. The lowest BCUT2D eigenvalue weighted by Gasteiger charge is -2.23. The van der Waals surface area contributed by atoms with Crippen LogP contribution in [0, 0.1) is 0 Å². The van der Waals surface area contributed by atoms with Gasteiger partial charge in [-0.15, -0.1) is 0 Å². The Morgan fingerprint density at radius 1 is 1.26 bits per heavy atom. The fraction of sp³-hybridized carbons (Fsp3) is 0.524. The molecule has 3 rings (SSSR count). The van der Waals surface area contributed by atoms with Crippen LogP contribution in [0.25, 0.3) is 0 Å². The van der Waals surface area contributed by atoms with E-state index in [0.29, 0.717) is 30.4 Å². The zero-order valence-corrected chi connectivity index (χ0v) is 16.2. The maximum absolute atomic E-state index is 12.3. The molecule has 1 saturated carbocycles. The number of aromatic nitrogens is 2. The zero-order valence-electron chi connectivity index (χ0n) is 16.2. The third-order valence-electron chi connectivity index (χ3n) is 5.16. The molecular weight excluding hydrogens is 340 g/mol. The van der Waals surface area contributed by atoms with E-state index in [-0.39, 0.29) is 5.97 Å². The average Bonchev–Trinajstić information content (AvgIpc) is 3.03. The van der Waals surface area contributed by atoms with E-state index in [0.717, 1.165) is 5.69 Å². The SMILES string of the molecule is C[n+]1ccn(CCOC(=O)c2ccc(NC3CCCCCCC3)c(N)c2)c1. The second-order valence-electron chi connectivity index (χ2n) is 7.44. The number of anilines is 2. The molecule has 0 atom stereocenters. The number of nitrogens with zero attached hydrogens (tertiary/aromatic N) is 2. The minimum absolute atomic E-state index is 0.329. The number of carbonyl (C=O) groups excluding carboxylic acids is 1. The van der Waals surface area contributed by atoms with Crippen LogP contribution in [0.15, 0.2) is 36.9 Å². The van der Waals surface area contributed by atoms with E-state index in [1.54, 1.807) is 12.1 Å². The summed E-state index contributed by atoms with van der Waals surface area (Å²) >= 11 is 0. The van der Waals surface area contributed by atoms with Crippen molar-refractivity contribution in [3.8, 4) is 0 Å². The number of ether oxygens (including phenoxy) is 1. The lowest BCUT2D eigenvalue weighted by atomic mass is 9.96. The van der Waals surface area contributed by atoms with Crippen LogP contribution in [0.1, 0.15) is 55.3 Å². The Kier molecular flexibility index (Phi) is 6.74. The molecule has 1 aromatic carbocycles. The maximum atomic E-state index is 12.3. The van der Waals surface area contributed by atoms with E-state index in [9.17, 15) is 4.79 Å². The van der Waals surface area contributed by atoms with E-state index in [2.05, 4.69) is 5.32 Å². The van der Waals surface area contributed by atoms with Crippen molar-refractivity contribution in [3.63, 3.8) is 0 Å². The summed E-state index contributed by atoms with van der Waals surface area (Å²) in [4.78, 5) is 12.3. The van der Waals surface area contributed by atoms with Crippen LogP contribution in [0.5, 0.6) is 0 Å². The van der Waals surface area contributed by atoms with E-state index in [4.69, 9.17) is 10.5 Å². The number of hydrogen-bond donors (Lipinski definition) is 2. The molecule has 1 aromatic heterocycles. The van der Waals surface area contributed by atoms with Gasteiger partial charge in [0, 0.05) is 6.04 Å². The minimum atomic E-state index is -0.337. The molecular formula is C21H31N4O2+. The lowest BCUT2D eigenvalue weighted by molar-refractivity contribution is -0.671. The van der Waals surface area contributed by atoms with Crippen molar-refractivity contribution in [1.29, 1.82) is 0 Å². The lowest BCUT2D eigenvalue weighted by Crippen LogP contribution is -2.24. The fourth-order valence-corrected chi connectivity index (χ4v) is 3.60. The maximum Gasteiger partial charge on any atom is 0.338 e. The summed E-state index contributed by atoms with van der Waals surface area (Å²) in [5.41, 5.74) is 8.20. The highest BCUT2D eigenvalue weighted by Crippen LogP contribution is 2.25. The number of nitrogen functional groups attached to an aromatic ring is 1. The molecule has 0 amide bonds. The average molecular weight is 372 g/mol. The van der Waals surface area contributed by atoms with E-state index in [1.807, 2.05) is 41.0 Å². The number of esters is 1. The monoisotopic (exact) mass is 371 g/mol. The molecule has 1 aliphatic rings. The second kappa shape index (κ2) is 9.44. The Balaban J connectivity index is 1.52. The molecule has 0 spiro atoms. The molecule has 0 bridgehead atoms. The van der Waals surface area contributed by atoms with Gasteiger partial charge in [0.15, 0.2) is 0 Å². The molecule has 27 heavy (non-hydrogen) atoms. The third-order valence-corrected chi connectivity index (χ3v) is 5.16. The first-order chi connectivity index (χ1) is 13.1. The van der Waals surface area contributed by atoms with Crippen LogP contribution in [-0.2, 0) is 18.3 Å². The molecule has 0 aliphatic heterocycles. The van der Waals surface area contributed by atoms with E-state index >= 15 is 0 Å². The summed E-state index contributed by atoms with van der Waals surface area (Å²) in [5.74, 6) is -0.337. The summed E-state index contributed by atoms with van der Waals surface area (Å²) in [6.07, 6.45) is 14.7. The van der Waals surface area contributed by atoms with Gasteiger partial charge in [0.05, 0.1) is 24.0 Å². The van der Waals surface area contributed by atoms with Gasteiger partial charge in [0.2, 0.25) is 6.33 Å². The van der Waals surface area contributed by atoms with Gasteiger partial charge in [-0.05, 0) is 31.0 Å². The van der Waals surface area contributed by atoms with Gasteiger partial charge in [0.25, 0.3) is 0 Å². The highest BCUT2D eigenvalue weighted by molar-refractivity contribution is 5.92. The Bertz CT molecular complexity index is 748. The molecule has 1 aliphatic carbocycles. The zero-order chi connectivity index (χ0) is 19.1. The quantitative estimate of drug-likeness (QED) is 0.464. The molecule has 2 aromatic rings. The smallest absolute Gasteiger partial charge is 0.338 e. The van der Waals surface area contributed by atoms with E-state index < -0.39 is 0 Å².